The van der Waals surface area contributed by atoms with E-state index in [4.69, 9.17) is 4.74 Å². The number of aromatic nitrogens is 4. The molecule has 0 radical (unpaired) electrons. The monoisotopic (exact) mass is 423 g/mol. The van der Waals surface area contributed by atoms with Crippen molar-refractivity contribution in [1.29, 1.82) is 0 Å². The van der Waals surface area contributed by atoms with Crippen LogP contribution in [-0.4, -0.2) is 39.3 Å². The van der Waals surface area contributed by atoms with Crippen LogP contribution < -0.4 is 5.32 Å². The van der Waals surface area contributed by atoms with Crippen LogP contribution in [0.2, 0.25) is 0 Å². The van der Waals surface area contributed by atoms with Crippen molar-refractivity contribution in [3.05, 3.63) is 35.2 Å². The molecule has 2 aromatic rings. The predicted octanol–water partition coefficient (Wildman–Crippen LogP) is 3.34. The second-order valence-corrected chi connectivity index (χ2v) is 9.68. The van der Waals surface area contributed by atoms with Crippen LogP contribution in [0.3, 0.4) is 0 Å². The molecule has 4 saturated carbocycles. The van der Waals surface area contributed by atoms with Gasteiger partial charge in [-0.3, -0.25) is 10.1 Å². The number of tetrazole rings is 1. The number of para-hydroxylation sites is 1. The third-order valence-corrected chi connectivity index (χ3v) is 8.01. The lowest BCUT2D eigenvalue weighted by Crippen LogP contribution is -2.64. The number of carbonyl (C=O) groups excluding carboxylic acids is 1. The molecule has 1 N–H and O–H groups in total. The van der Waals surface area contributed by atoms with Crippen LogP contribution >= 0.6 is 0 Å². The third kappa shape index (κ3) is 3.28. The molecule has 0 atom stereocenters. The zero-order valence-corrected chi connectivity index (χ0v) is 18.8. The van der Waals surface area contributed by atoms with Gasteiger partial charge in [0.1, 0.15) is 0 Å². The molecule has 1 aromatic carbocycles. The van der Waals surface area contributed by atoms with E-state index in [1.54, 1.807) is 0 Å². The van der Waals surface area contributed by atoms with Crippen LogP contribution in [0.15, 0.2) is 18.2 Å². The van der Waals surface area contributed by atoms with E-state index in [0.29, 0.717) is 18.4 Å². The SMILES string of the molecule is CCOC(=O)CNC1(c2nnnn2-c2c(C)cccc2CC)C2CC3CC(C2)CC1C3. The van der Waals surface area contributed by atoms with Crippen molar-refractivity contribution in [2.45, 2.75) is 64.8 Å². The van der Waals surface area contributed by atoms with Crippen LogP contribution in [0, 0.1) is 30.6 Å². The Morgan fingerprint density at radius 1 is 1.16 bits per heavy atom. The van der Waals surface area contributed by atoms with Crippen LogP contribution in [0.1, 0.15) is 62.9 Å². The van der Waals surface area contributed by atoms with Gasteiger partial charge in [-0.25, -0.2) is 0 Å². The summed E-state index contributed by atoms with van der Waals surface area (Å²) in [6.07, 6.45) is 7.02. The number of nitrogens with one attached hydrogen (secondary N) is 1. The molecular formula is C24H33N5O2. The molecule has 4 aliphatic carbocycles. The van der Waals surface area contributed by atoms with Gasteiger partial charge in [0.2, 0.25) is 0 Å². The summed E-state index contributed by atoms with van der Waals surface area (Å²) in [6.45, 7) is 6.72. The van der Waals surface area contributed by atoms with Gasteiger partial charge in [0, 0.05) is 0 Å². The Bertz CT molecular complexity index is 941. The summed E-state index contributed by atoms with van der Waals surface area (Å²) in [6, 6.07) is 6.37. The first-order valence-electron chi connectivity index (χ1n) is 11.8. The maximum Gasteiger partial charge on any atom is 0.319 e. The topological polar surface area (TPSA) is 81.9 Å². The molecule has 31 heavy (non-hydrogen) atoms. The standard InChI is InChI=1S/C24H33N5O2/c1-4-18-8-6-7-15(3)22(18)29-23(26-27-28-29)24(25-14-21(30)31-5-2)19-10-16-9-17(12-19)13-20(24)11-16/h6-8,16-17,19-20,25H,4-5,9-14H2,1-3H3. The molecule has 0 saturated heterocycles. The van der Waals surface area contributed by atoms with Crippen molar-refractivity contribution in [2.24, 2.45) is 23.7 Å². The normalized spacial score (nSPS) is 31.2. The molecule has 166 valence electrons. The lowest BCUT2D eigenvalue weighted by molar-refractivity contribution is -0.144. The number of nitrogens with zero attached hydrogens (tertiary/aromatic N) is 4. The maximum absolute atomic E-state index is 12.4. The Morgan fingerprint density at radius 2 is 1.87 bits per heavy atom. The average Bonchev–Trinajstić information content (AvgIpc) is 3.23. The number of aryl methyl sites for hydroxylation is 2. The smallest absolute Gasteiger partial charge is 0.319 e. The lowest BCUT2D eigenvalue weighted by Gasteiger charge is -2.60. The predicted molar refractivity (Wildman–Crippen MR) is 117 cm³/mol. The van der Waals surface area contributed by atoms with E-state index in [9.17, 15) is 4.79 Å². The molecular weight excluding hydrogens is 390 g/mol. The molecule has 4 aliphatic rings. The molecule has 4 fully saturated rings. The minimum atomic E-state index is -0.392. The van der Waals surface area contributed by atoms with E-state index >= 15 is 0 Å². The van der Waals surface area contributed by atoms with E-state index in [0.717, 1.165) is 35.3 Å². The van der Waals surface area contributed by atoms with Gasteiger partial charge < -0.3 is 4.74 Å². The Hall–Kier alpha value is -2.28. The minimum Gasteiger partial charge on any atom is -0.465 e. The van der Waals surface area contributed by atoms with E-state index in [1.165, 1.54) is 37.7 Å². The molecule has 0 aliphatic heterocycles. The van der Waals surface area contributed by atoms with Crippen molar-refractivity contribution in [2.75, 3.05) is 13.2 Å². The number of rotatable bonds is 7. The zero-order valence-electron chi connectivity index (χ0n) is 18.8. The second kappa shape index (κ2) is 8.01. The largest absolute Gasteiger partial charge is 0.465 e. The van der Waals surface area contributed by atoms with E-state index in [1.807, 2.05) is 11.6 Å². The van der Waals surface area contributed by atoms with Crippen molar-refractivity contribution >= 4 is 5.97 Å². The summed E-state index contributed by atoms with van der Waals surface area (Å²) in [4.78, 5) is 12.4. The van der Waals surface area contributed by atoms with Gasteiger partial charge in [-0.2, -0.15) is 4.68 Å². The fourth-order valence-corrected chi connectivity index (χ4v) is 6.99. The van der Waals surface area contributed by atoms with Crippen molar-refractivity contribution in [3.63, 3.8) is 0 Å². The van der Waals surface area contributed by atoms with Crippen LogP contribution in [-0.2, 0) is 21.5 Å². The van der Waals surface area contributed by atoms with Crippen LogP contribution in [0.25, 0.3) is 5.69 Å². The summed E-state index contributed by atoms with van der Waals surface area (Å²) >= 11 is 0. The van der Waals surface area contributed by atoms with Gasteiger partial charge >= 0.3 is 5.97 Å². The summed E-state index contributed by atoms with van der Waals surface area (Å²) in [5.41, 5.74) is 3.09. The highest BCUT2D eigenvalue weighted by Gasteiger charge is 2.60. The average molecular weight is 424 g/mol. The van der Waals surface area contributed by atoms with Gasteiger partial charge in [0.05, 0.1) is 24.4 Å². The molecule has 0 unspecified atom stereocenters. The Labute approximate surface area is 183 Å². The van der Waals surface area contributed by atoms with Crippen molar-refractivity contribution < 1.29 is 9.53 Å². The number of carbonyl (C=O) groups is 1. The first kappa shape index (κ1) is 20.6. The lowest BCUT2D eigenvalue weighted by atomic mass is 9.48. The molecule has 7 heteroatoms. The maximum atomic E-state index is 12.4. The Kier molecular flexibility index (Phi) is 5.32. The molecule has 0 amide bonds. The highest BCUT2D eigenvalue weighted by atomic mass is 16.5. The molecule has 1 aromatic heterocycles. The molecule has 6 rings (SSSR count). The Morgan fingerprint density at radius 3 is 2.52 bits per heavy atom. The van der Waals surface area contributed by atoms with Gasteiger partial charge in [-0.15, -0.1) is 5.10 Å². The van der Waals surface area contributed by atoms with E-state index < -0.39 is 5.54 Å². The first-order valence-corrected chi connectivity index (χ1v) is 11.8. The first-order chi connectivity index (χ1) is 15.1. The van der Waals surface area contributed by atoms with Gasteiger partial charge in [0.15, 0.2) is 5.82 Å². The second-order valence-electron chi connectivity index (χ2n) is 9.68. The third-order valence-electron chi connectivity index (χ3n) is 8.01. The van der Waals surface area contributed by atoms with Crippen LogP contribution in [0.4, 0.5) is 0 Å². The number of benzene rings is 1. The highest BCUT2D eigenvalue weighted by molar-refractivity contribution is 5.71. The molecule has 4 bridgehead atoms. The van der Waals surface area contributed by atoms with Gasteiger partial charge in [-0.1, -0.05) is 25.1 Å². The summed E-state index contributed by atoms with van der Waals surface area (Å²) in [7, 11) is 0. The highest BCUT2D eigenvalue weighted by Crippen LogP contribution is 2.61. The molecule has 0 spiro atoms. The van der Waals surface area contributed by atoms with E-state index in [-0.39, 0.29) is 12.5 Å². The van der Waals surface area contributed by atoms with E-state index in [2.05, 4.69) is 52.9 Å². The molecule has 1 heterocycles. The number of hydrogen-bond donors (Lipinski definition) is 1. The minimum absolute atomic E-state index is 0.192. The van der Waals surface area contributed by atoms with Gasteiger partial charge in [0.25, 0.3) is 0 Å². The summed E-state index contributed by atoms with van der Waals surface area (Å²) in [5.74, 6) is 3.14. The Balaban J connectivity index is 1.62. The van der Waals surface area contributed by atoms with Crippen molar-refractivity contribution in [1.82, 2.24) is 25.5 Å². The number of hydrogen-bond acceptors (Lipinski definition) is 6. The van der Waals surface area contributed by atoms with Crippen LogP contribution in [0.5, 0.6) is 0 Å². The van der Waals surface area contributed by atoms with Crippen molar-refractivity contribution in [3.8, 4) is 5.69 Å². The summed E-state index contributed by atoms with van der Waals surface area (Å²) < 4.78 is 7.22. The number of esters is 1. The molecule has 7 nitrogen and oxygen atoms in total. The summed E-state index contributed by atoms with van der Waals surface area (Å²) in [5, 5.41) is 17.0. The zero-order chi connectivity index (χ0) is 21.6. The van der Waals surface area contributed by atoms with Gasteiger partial charge in [-0.05, 0) is 97.6 Å². The fraction of sp³-hybridized carbons (Fsp3) is 0.667. The quantitative estimate of drug-likeness (QED) is 0.688. The fourth-order valence-electron chi connectivity index (χ4n) is 6.99. The number of ether oxygens (including phenoxy) is 1.